The summed E-state index contributed by atoms with van der Waals surface area (Å²) in [6, 6.07) is 9.63. The zero-order valence-corrected chi connectivity index (χ0v) is 13.1. The van der Waals surface area contributed by atoms with Gasteiger partial charge in [-0.05, 0) is 41.9 Å². The van der Waals surface area contributed by atoms with Gasteiger partial charge in [0.15, 0.2) is 5.78 Å². The fourth-order valence-corrected chi connectivity index (χ4v) is 2.38. The predicted octanol–water partition coefficient (Wildman–Crippen LogP) is 3.88. The lowest BCUT2D eigenvalue weighted by molar-refractivity contribution is 0.0949. The lowest BCUT2D eigenvalue weighted by Crippen LogP contribution is -2.15. The minimum Gasteiger partial charge on any atom is -0.493 e. The quantitative estimate of drug-likeness (QED) is 0.752. The molecule has 5 heteroatoms. The highest BCUT2D eigenvalue weighted by molar-refractivity contribution is 9.10. The van der Waals surface area contributed by atoms with Gasteiger partial charge in [-0.15, -0.1) is 0 Å². The standard InChI is InChI=1S/C15H17BrN2O2/c1-11(2)18-15(13(16)10-17-18)14(19)8-9-20-12-6-4-3-5-7-12/h3-7,10-11H,8-9H2,1-2H3. The van der Waals surface area contributed by atoms with Gasteiger partial charge in [0.25, 0.3) is 0 Å². The average Bonchev–Trinajstić information content (AvgIpc) is 2.82. The van der Waals surface area contributed by atoms with Gasteiger partial charge in [0.1, 0.15) is 11.4 Å². The van der Waals surface area contributed by atoms with Gasteiger partial charge in [-0.1, -0.05) is 18.2 Å². The van der Waals surface area contributed by atoms with Crippen LogP contribution in [0.4, 0.5) is 0 Å². The maximum atomic E-state index is 12.3. The lowest BCUT2D eigenvalue weighted by atomic mass is 10.2. The molecule has 0 unspecified atom stereocenters. The lowest BCUT2D eigenvalue weighted by Gasteiger charge is -2.11. The minimum absolute atomic E-state index is 0.0269. The monoisotopic (exact) mass is 336 g/mol. The first-order valence-electron chi connectivity index (χ1n) is 6.53. The van der Waals surface area contributed by atoms with Gasteiger partial charge in [-0.3, -0.25) is 9.48 Å². The van der Waals surface area contributed by atoms with Crippen molar-refractivity contribution in [2.45, 2.75) is 26.3 Å². The molecular formula is C15H17BrN2O2. The molecule has 0 aliphatic rings. The van der Waals surface area contributed by atoms with Crippen LogP contribution < -0.4 is 4.74 Å². The van der Waals surface area contributed by atoms with Crippen LogP contribution in [0.3, 0.4) is 0 Å². The number of ether oxygens (including phenoxy) is 1. The highest BCUT2D eigenvalue weighted by atomic mass is 79.9. The molecule has 1 aromatic carbocycles. The summed E-state index contributed by atoms with van der Waals surface area (Å²) in [7, 11) is 0. The molecule has 0 saturated carbocycles. The van der Waals surface area contributed by atoms with Crippen molar-refractivity contribution in [3.05, 3.63) is 46.7 Å². The SMILES string of the molecule is CC(C)n1ncc(Br)c1C(=O)CCOc1ccccc1. The molecule has 0 spiro atoms. The molecule has 2 aromatic rings. The van der Waals surface area contributed by atoms with Crippen LogP contribution in [-0.4, -0.2) is 22.2 Å². The van der Waals surface area contributed by atoms with Crippen molar-refractivity contribution in [1.82, 2.24) is 9.78 Å². The topological polar surface area (TPSA) is 44.1 Å². The summed E-state index contributed by atoms with van der Waals surface area (Å²) in [4.78, 5) is 12.3. The molecule has 1 aromatic heterocycles. The average molecular weight is 337 g/mol. The highest BCUT2D eigenvalue weighted by Crippen LogP contribution is 2.21. The number of benzene rings is 1. The van der Waals surface area contributed by atoms with E-state index in [0.717, 1.165) is 10.2 Å². The summed E-state index contributed by atoms with van der Waals surface area (Å²) < 4.78 is 8.01. The Hall–Kier alpha value is -1.62. The normalized spacial score (nSPS) is 10.8. The van der Waals surface area contributed by atoms with Crippen LogP contribution in [0.2, 0.25) is 0 Å². The number of halogens is 1. The molecule has 0 radical (unpaired) electrons. The van der Waals surface area contributed by atoms with E-state index in [1.54, 1.807) is 10.9 Å². The zero-order chi connectivity index (χ0) is 14.5. The summed E-state index contributed by atoms with van der Waals surface area (Å²) in [5.74, 6) is 0.802. The van der Waals surface area contributed by atoms with Crippen molar-refractivity contribution in [3.8, 4) is 5.75 Å². The second-order valence-corrected chi connectivity index (χ2v) is 5.57. The van der Waals surface area contributed by atoms with Crippen LogP contribution >= 0.6 is 15.9 Å². The number of nitrogens with zero attached hydrogens (tertiary/aromatic N) is 2. The first kappa shape index (κ1) is 14.8. The van der Waals surface area contributed by atoms with Gasteiger partial charge >= 0.3 is 0 Å². The Kier molecular flexibility index (Phi) is 4.95. The van der Waals surface area contributed by atoms with Crippen molar-refractivity contribution in [1.29, 1.82) is 0 Å². The Morgan fingerprint density at radius 3 is 2.70 bits per heavy atom. The van der Waals surface area contributed by atoms with Gasteiger partial charge in [-0.2, -0.15) is 5.10 Å². The number of Topliss-reactive ketones (excluding diaryl/α,β-unsaturated/α-hetero) is 1. The Labute approximate surface area is 126 Å². The van der Waals surface area contributed by atoms with Crippen LogP contribution in [0.5, 0.6) is 5.75 Å². The molecule has 20 heavy (non-hydrogen) atoms. The third kappa shape index (κ3) is 3.48. The van der Waals surface area contributed by atoms with E-state index in [0.29, 0.717) is 18.7 Å². The summed E-state index contributed by atoms with van der Waals surface area (Å²) >= 11 is 3.38. The number of hydrogen-bond acceptors (Lipinski definition) is 3. The molecule has 2 rings (SSSR count). The maximum Gasteiger partial charge on any atom is 0.185 e. The molecular weight excluding hydrogens is 320 g/mol. The number of para-hydroxylation sites is 1. The van der Waals surface area contributed by atoms with Crippen molar-refractivity contribution in [2.75, 3.05) is 6.61 Å². The summed E-state index contributed by atoms with van der Waals surface area (Å²) in [5.41, 5.74) is 0.608. The van der Waals surface area contributed by atoms with E-state index >= 15 is 0 Å². The number of carbonyl (C=O) groups is 1. The molecule has 0 N–H and O–H groups in total. The first-order valence-corrected chi connectivity index (χ1v) is 7.33. The smallest absolute Gasteiger partial charge is 0.185 e. The van der Waals surface area contributed by atoms with Gasteiger partial charge in [0.2, 0.25) is 0 Å². The third-order valence-electron chi connectivity index (χ3n) is 2.85. The Bertz CT molecular complexity index is 579. The fourth-order valence-electron chi connectivity index (χ4n) is 1.89. The van der Waals surface area contributed by atoms with Crippen LogP contribution in [0, 0.1) is 0 Å². The van der Waals surface area contributed by atoms with Gasteiger partial charge in [0, 0.05) is 12.5 Å². The largest absolute Gasteiger partial charge is 0.493 e. The molecule has 0 bridgehead atoms. The van der Waals surface area contributed by atoms with E-state index in [4.69, 9.17) is 4.74 Å². The number of ketones is 1. The molecule has 0 saturated heterocycles. The predicted molar refractivity (Wildman–Crippen MR) is 81.2 cm³/mol. The van der Waals surface area contributed by atoms with E-state index in [-0.39, 0.29) is 11.8 Å². The second-order valence-electron chi connectivity index (χ2n) is 4.71. The molecule has 0 fully saturated rings. The van der Waals surface area contributed by atoms with Crippen molar-refractivity contribution in [3.63, 3.8) is 0 Å². The molecule has 1 heterocycles. The number of rotatable bonds is 6. The zero-order valence-electron chi connectivity index (χ0n) is 11.5. The van der Waals surface area contributed by atoms with Crippen LogP contribution in [-0.2, 0) is 0 Å². The third-order valence-corrected chi connectivity index (χ3v) is 3.43. The van der Waals surface area contributed by atoms with Gasteiger partial charge in [-0.25, -0.2) is 0 Å². The van der Waals surface area contributed by atoms with Crippen molar-refractivity contribution in [2.24, 2.45) is 0 Å². The Morgan fingerprint density at radius 1 is 1.35 bits per heavy atom. The molecule has 4 nitrogen and oxygen atoms in total. The van der Waals surface area contributed by atoms with Crippen molar-refractivity contribution < 1.29 is 9.53 Å². The fraction of sp³-hybridized carbons (Fsp3) is 0.333. The minimum atomic E-state index is 0.0269. The molecule has 0 aliphatic heterocycles. The Morgan fingerprint density at radius 2 is 2.05 bits per heavy atom. The second kappa shape index (κ2) is 6.70. The van der Waals surface area contributed by atoms with E-state index in [1.165, 1.54) is 0 Å². The van der Waals surface area contributed by atoms with Crippen LogP contribution in [0.15, 0.2) is 41.0 Å². The van der Waals surface area contributed by atoms with E-state index in [1.807, 2.05) is 44.2 Å². The van der Waals surface area contributed by atoms with E-state index in [2.05, 4.69) is 21.0 Å². The molecule has 0 aliphatic carbocycles. The molecule has 106 valence electrons. The number of aromatic nitrogens is 2. The first-order chi connectivity index (χ1) is 9.59. The highest BCUT2D eigenvalue weighted by Gasteiger charge is 2.18. The van der Waals surface area contributed by atoms with E-state index < -0.39 is 0 Å². The van der Waals surface area contributed by atoms with E-state index in [9.17, 15) is 4.79 Å². The van der Waals surface area contributed by atoms with Crippen LogP contribution in [0.25, 0.3) is 0 Å². The van der Waals surface area contributed by atoms with Gasteiger partial charge < -0.3 is 4.74 Å². The summed E-state index contributed by atoms with van der Waals surface area (Å²) in [6.07, 6.45) is 1.98. The van der Waals surface area contributed by atoms with Gasteiger partial charge in [0.05, 0.1) is 17.3 Å². The molecule has 0 amide bonds. The van der Waals surface area contributed by atoms with Crippen molar-refractivity contribution >= 4 is 21.7 Å². The van der Waals surface area contributed by atoms with Crippen LogP contribution in [0.1, 0.15) is 36.8 Å². The summed E-state index contributed by atoms with van der Waals surface area (Å²) in [5, 5.41) is 4.21. The number of hydrogen-bond donors (Lipinski definition) is 0. The maximum absolute atomic E-state index is 12.3. The molecule has 0 atom stereocenters. The number of carbonyl (C=O) groups excluding carboxylic acids is 1. The Balaban J connectivity index is 1.97. The summed E-state index contributed by atoms with van der Waals surface area (Å²) in [6.45, 7) is 4.35.